The number of sulfonamides is 1. The third-order valence-corrected chi connectivity index (χ3v) is 5.36. The molecule has 0 aromatic heterocycles. The number of benzene rings is 2. The SMILES string of the molecule is O=C(CCc1ccccc1)OCCCN=C1NS(=O)(=O)c2ccccc21. The molecular weight excluding hydrogens is 352 g/mol. The number of carbonyl (C=O) groups is 1. The quantitative estimate of drug-likeness (QED) is 0.597. The molecule has 6 nitrogen and oxygen atoms in total. The second-order valence-corrected chi connectivity index (χ2v) is 7.54. The molecule has 0 radical (unpaired) electrons. The highest BCUT2D eigenvalue weighted by molar-refractivity contribution is 7.90. The molecule has 26 heavy (non-hydrogen) atoms. The summed E-state index contributed by atoms with van der Waals surface area (Å²) in [6.07, 6.45) is 1.52. The molecule has 0 spiro atoms. The van der Waals surface area contributed by atoms with Gasteiger partial charge < -0.3 is 4.74 Å². The van der Waals surface area contributed by atoms with Crippen molar-refractivity contribution in [3.05, 3.63) is 65.7 Å². The molecule has 0 atom stereocenters. The Morgan fingerprint density at radius 2 is 1.77 bits per heavy atom. The van der Waals surface area contributed by atoms with Crippen LogP contribution in [0.15, 0.2) is 64.5 Å². The summed E-state index contributed by atoms with van der Waals surface area (Å²) in [5.41, 5.74) is 1.68. The maximum Gasteiger partial charge on any atom is 0.306 e. The minimum absolute atomic E-state index is 0.242. The zero-order valence-electron chi connectivity index (χ0n) is 14.2. The van der Waals surface area contributed by atoms with E-state index >= 15 is 0 Å². The zero-order chi connectivity index (χ0) is 18.4. The molecule has 0 fully saturated rings. The van der Waals surface area contributed by atoms with Gasteiger partial charge in [0.2, 0.25) is 0 Å². The van der Waals surface area contributed by atoms with Crippen LogP contribution in [0.1, 0.15) is 24.0 Å². The Morgan fingerprint density at radius 1 is 1.04 bits per heavy atom. The number of esters is 1. The van der Waals surface area contributed by atoms with Gasteiger partial charge in [-0.05, 0) is 24.1 Å². The van der Waals surface area contributed by atoms with Crippen LogP contribution in [-0.4, -0.2) is 33.4 Å². The Hall–Kier alpha value is -2.67. The molecule has 0 saturated carbocycles. The number of hydrogen-bond acceptors (Lipinski definition) is 5. The minimum atomic E-state index is -3.51. The highest BCUT2D eigenvalue weighted by Gasteiger charge is 2.29. The van der Waals surface area contributed by atoms with Gasteiger partial charge in [-0.25, -0.2) is 8.42 Å². The molecule has 1 aliphatic rings. The van der Waals surface area contributed by atoms with Gasteiger partial charge in [-0.15, -0.1) is 0 Å². The van der Waals surface area contributed by atoms with Crippen molar-refractivity contribution in [2.24, 2.45) is 4.99 Å². The van der Waals surface area contributed by atoms with Crippen LogP contribution in [0, 0.1) is 0 Å². The fraction of sp³-hybridized carbons (Fsp3) is 0.263. The molecule has 1 heterocycles. The van der Waals surface area contributed by atoms with Crippen LogP contribution in [0.3, 0.4) is 0 Å². The minimum Gasteiger partial charge on any atom is -0.466 e. The first-order valence-corrected chi connectivity index (χ1v) is 9.91. The van der Waals surface area contributed by atoms with E-state index in [1.54, 1.807) is 24.3 Å². The third-order valence-electron chi connectivity index (χ3n) is 3.96. The maximum atomic E-state index is 12.0. The summed E-state index contributed by atoms with van der Waals surface area (Å²) in [5.74, 6) is 0.101. The highest BCUT2D eigenvalue weighted by atomic mass is 32.2. The number of rotatable bonds is 7. The first kappa shape index (κ1) is 18.1. The van der Waals surface area contributed by atoms with E-state index in [4.69, 9.17) is 4.74 Å². The monoisotopic (exact) mass is 372 g/mol. The topological polar surface area (TPSA) is 84.8 Å². The molecule has 136 valence electrons. The van der Waals surface area contributed by atoms with E-state index in [0.717, 1.165) is 5.56 Å². The van der Waals surface area contributed by atoms with Gasteiger partial charge in [0.25, 0.3) is 10.0 Å². The number of aliphatic imine (C=N–C) groups is 1. The van der Waals surface area contributed by atoms with Crippen molar-refractivity contribution in [1.29, 1.82) is 0 Å². The Balaban J connectivity index is 1.42. The lowest BCUT2D eigenvalue weighted by atomic mass is 10.1. The Bertz CT molecular complexity index is 908. The van der Waals surface area contributed by atoms with Crippen LogP contribution in [0.5, 0.6) is 0 Å². The Kier molecular flexibility index (Phi) is 5.68. The van der Waals surface area contributed by atoms with Gasteiger partial charge in [0.1, 0.15) is 5.84 Å². The average Bonchev–Trinajstić information content (AvgIpc) is 2.91. The van der Waals surface area contributed by atoms with Crippen LogP contribution in [0.25, 0.3) is 0 Å². The number of amidine groups is 1. The van der Waals surface area contributed by atoms with E-state index in [2.05, 4.69) is 9.71 Å². The smallest absolute Gasteiger partial charge is 0.306 e. The summed E-state index contributed by atoms with van der Waals surface area (Å²) in [6, 6.07) is 16.5. The molecule has 1 aliphatic heterocycles. The van der Waals surface area contributed by atoms with Crippen molar-refractivity contribution in [1.82, 2.24) is 4.72 Å². The van der Waals surface area contributed by atoms with Crippen LogP contribution < -0.4 is 4.72 Å². The van der Waals surface area contributed by atoms with Crippen LogP contribution >= 0.6 is 0 Å². The van der Waals surface area contributed by atoms with Crippen molar-refractivity contribution < 1.29 is 17.9 Å². The van der Waals surface area contributed by atoms with Gasteiger partial charge in [0.15, 0.2) is 0 Å². The zero-order valence-corrected chi connectivity index (χ0v) is 15.0. The summed E-state index contributed by atoms with van der Waals surface area (Å²) in [5, 5.41) is 0. The molecule has 0 amide bonds. The molecule has 1 N–H and O–H groups in total. The van der Waals surface area contributed by atoms with Crippen LogP contribution in [0.4, 0.5) is 0 Å². The summed E-state index contributed by atoms with van der Waals surface area (Å²) >= 11 is 0. The van der Waals surface area contributed by atoms with E-state index in [-0.39, 0.29) is 17.5 Å². The van der Waals surface area contributed by atoms with Gasteiger partial charge in [0.05, 0.1) is 11.5 Å². The Morgan fingerprint density at radius 3 is 2.58 bits per heavy atom. The van der Waals surface area contributed by atoms with Gasteiger partial charge in [-0.3, -0.25) is 14.5 Å². The third kappa shape index (κ3) is 4.49. The number of nitrogens with one attached hydrogen (secondary N) is 1. The molecule has 2 aromatic carbocycles. The fourth-order valence-corrected chi connectivity index (χ4v) is 3.91. The Labute approximate surface area is 153 Å². The van der Waals surface area contributed by atoms with Crippen molar-refractivity contribution in [2.45, 2.75) is 24.2 Å². The number of nitrogens with zero attached hydrogens (tertiary/aromatic N) is 1. The van der Waals surface area contributed by atoms with Gasteiger partial charge >= 0.3 is 5.97 Å². The van der Waals surface area contributed by atoms with Crippen molar-refractivity contribution >= 4 is 21.8 Å². The molecule has 0 unspecified atom stereocenters. The molecule has 2 aromatic rings. The number of aryl methyl sites for hydroxylation is 1. The second kappa shape index (κ2) is 8.14. The van der Waals surface area contributed by atoms with E-state index in [0.29, 0.717) is 37.2 Å². The number of carbonyl (C=O) groups excluding carboxylic acids is 1. The summed E-state index contributed by atoms with van der Waals surface area (Å²) in [6.45, 7) is 0.636. The predicted molar refractivity (Wildman–Crippen MR) is 98.5 cm³/mol. The molecule has 7 heteroatoms. The van der Waals surface area contributed by atoms with E-state index < -0.39 is 10.0 Å². The normalized spacial score (nSPS) is 16.1. The predicted octanol–water partition coefficient (Wildman–Crippen LogP) is 2.29. The average molecular weight is 372 g/mol. The largest absolute Gasteiger partial charge is 0.466 e. The van der Waals surface area contributed by atoms with Crippen molar-refractivity contribution in [3.63, 3.8) is 0 Å². The van der Waals surface area contributed by atoms with Crippen molar-refractivity contribution in [3.8, 4) is 0 Å². The molecular formula is C19H20N2O4S. The first-order chi connectivity index (χ1) is 12.6. The van der Waals surface area contributed by atoms with Crippen LogP contribution in [-0.2, 0) is 26.0 Å². The highest BCUT2D eigenvalue weighted by Crippen LogP contribution is 2.22. The van der Waals surface area contributed by atoms with E-state index in [1.165, 1.54) is 0 Å². The molecule has 3 rings (SSSR count). The second-order valence-electron chi connectivity index (χ2n) is 5.89. The van der Waals surface area contributed by atoms with Crippen molar-refractivity contribution in [2.75, 3.05) is 13.2 Å². The van der Waals surface area contributed by atoms with E-state index in [1.807, 2.05) is 30.3 Å². The standard InChI is InChI=1S/C19H20N2O4S/c22-18(12-11-15-7-2-1-3-8-15)25-14-6-13-20-19-16-9-4-5-10-17(16)26(23,24)21-19/h1-5,7-10H,6,11-14H2,(H,20,21). The summed E-state index contributed by atoms with van der Waals surface area (Å²) < 4.78 is 31.6. The first-order valence-electron chi connectivity index (χ1n) is 8.42. The summed E-state index contributed by atoms with van der Waals surface area (Å²) in [4.78, 5) is 16.3. The molecule has 0 bridgehead atoms. The number of hydrogen-bond donors (Lipinski definition) is 1. The number of fused-ring (bicyclic) bond motifs is 1. The summed E-state index contributed by atoms with van der Waals surface area (Å²) in [7, 11) is -3.51. The number of ether oxygens (including phenoxy) is 1. The van der Waals surface area contributed by atoms with Gasteiger partial charge in [-0.1, -0.05) is 42.5 Å². The van der Waals surface area contributed by atoms with Crippen LogP contribution in [0.2, 0.25) is 0 Å². The van der Waals surface area contributed by atoms with Gasteiger partial charge in [-0.2, -0.15) is 0 Å². The van der Waals surface area contributed by atoms with Gasteiger partial charge in [0, 0.05) is 24.9 Å². The lowest BCUT2D eigenvalue weighted by molar-refractivity contribution is -0.143. The fourth-order valence-electron chi connectivity index (χ4n) is 2.66. The molecule has 0 saturated heterocycles. The lowest BCUT2D eigenvalue weighted by Gasteiger charge is -2.04. The maximum absolute atomic E-state index is 12.0. The van der Waals surface area contributed by atoms with E-state index in [9.17, 15) is 13.2 Å². The molecule has 0 aliphatic carbocycles. The lowest BCUT2D eigenvalue weighted by Crippen LogP contribution is -2.22.